The predicted octanol–water partition coefficient (Wildman–Crippen LogP) is 3.42. The molecule has 0 bridgehead atoms. The molecule has 1 saturated heterocycles. The summed E-state index contributed by atoms with van der Waals surface area (Å²) in [6.07, 6.45) is 0.570. The lowest BCUT2D eigenvalue weighted by Gasteiger charge is -2.36. The quantitative estimate of drug-likeness (QED) is 0.709. The number of piperazine rings is 1. The van der Waals surface area contributed by atoms with Crippen LogP contribution in [0.4, 0.5) is 5.69 Å². The highest BCUT2D eigenvalue weighted by molar-refractivity contribution is 7.99. The Bertz CT molecular complexity index is 715. The monoisotopic (exact) mass is 383 g/mol. The van der Waals surface area contributed by atoms with Gasteiger partial charge in [-0.1, -0.05) is 30.3 Å². The minimum atomic E-state index is 0.150. The maximum absolute atomic E-state index is 12.0. The molecule has 0 saturated carbocycles. The average Bonchev–Trinajstić information content (AvgIpc) is 2.69. The summed E-state index contributed by atoms with van der Waals surface area (Å²) in [6, 6.07) is 18.9. The zero-order chi connectivity index (χ0) is 18.9. The Morgan fingerprint density at radius 1 is 1.04 bits per heavy atom. The van der Waals surface area contributed by atoms with E-state index in [4.69, 9.17) is 0 Å². The van der Waals surface area contributed by atoms with Crippen LogP contribution >= 0.6 is 11.8 Å². The van der Waals surface area contributed by atoms with E-state index >= 15 is 0 Å². The third-order valence-electron chi connectivity index (χ3n) is 4.83. The Morgan fingerprint density at radius 2 is 1.81 bits per heavy atom. The van der Waals surface area contributed by atoms with Crippen molar-refractivity contribution in [1.82, 2.24) is 10.2 Å². The van der Waals surface area contributed by atoms with Gasteiger partial charge >= 0.3 is 0 Å². The normalized spacial score (nSPS) is 14.9. The van der Waals surface area contributed by atoms with Gasteiger partial charge in [0.2, 0.25) is 5.91 Å². The molecule has 4 nitrogen and oxygen atoms in total. The molecule has 1 aliphatic heterocycles. The molecule has 2 aromatic carbocycles. The first-order valence-electron chi connectivity index (χ1n) is 9.69. The number of amides is 1. The second-order valence-electron chi connectivity index (χ2n) is 6.93. The number of aryl methyl sites for hydroxylation is 1. The molecule has 0 atom stereocenters. The summed E-state index contributed by atoms with van der Waals surface area (Å²) in [5.41, 5.74) is 2.63. The van der Waals surface area contributed by atoms with E-state index in [1.807, 2.05) is 18.2 Å². The minimum absolute atomic E-state index is 0.150. The molecule has 0 aliphatic carbocycles. The van der Waals surface area contributed by atoms with Crippen LogP contribution in [0.3, 0.4) is 0 Å². The standard InChI is InChI=1S/C22H29N3OS/c1-19-6-5-7-20(18-19)25-15-13-24(14-16-25)12-11-23-22(26)10-17-27-21-8-3-2-4-9-21/h2-9,18H,10-17H2,1H3,(H,23,26). The van der Waals surface area contributed by atoms with Crippen molar-refractivity contribution in [2.75, 3.05) is 49.9 Å². The summed E-state index contributed by atoms with van der Waals surface area (Å²) in [5, 5.41) is 3.06. The molecule has 1 N–H and O–H groups in total. The second kappa shape index (κ2) is 10.4. The number of carbonyl (C=O) groups is 1. The highest BCUT2D eigenvalue weighted by Crippen LogP contribution is 2.18. The van der Waals surface area contributed by atoms with Crippen molar-refractivity contribution in [3.63, 3.8) is 0 Å². The second-order valence-corrected chi connectivity index (χ2v) is 8.10. The zero-order valence-corrected chi connectivity index (χ0v) is 16.9. The summed E-state index contributed by atoms with van der Waals surface area (Å²) in [4.78, 5) is 18.1. The van der Waals surface area contributed by atoms with Crippen LogP contribution in [0.2, 0.25) is 0 Å². The van der Waals surface area contributed by atoms with E-state index in [0.29, 0.717) is 6.42 Å². The number of anilines is 1. The highest BCUT2D eigenvalue weighted by atomic mass is 32.2. The first kappa shape index (κ1) is 19.8. The maximum atomic E-state index is 12.0. The van der Waals surface area contributed by atoms with Crippen molar-refractivity contribution in [3.05, 3.63) is 60.2 Å². The fraction of sp³-hybridized carbons (Fsp3) is 0.409. The fourth-order valence-electron chi connectivity index (χ4n) is 3.27. The smallest absolute Gasteiger partial charge is 0.220 e. The predicted molar refractivity (Wildman–Crippen MR) is 115 cm³/mol. The molecule has 144 valence electrons. The van der Waals surface area contributed by atoms with E-state index in [9.17, 15) is 4.79 Å². The Balaban J connectivity index is 1.28. The molecular weight excluding hydrogens is 354 g/mol. The number of hydrogen-bond donors (Lipinski definition) is 1. The van der Waals surface area contributed by atoms with E-state index < -0.39 is 0 Å². The Kier molecular flexibility index (Phi) is 7.60. The van der Waals surface area contributed by atoms with Crippen LogP contribution < -0.4 is 10.2 Å². The third kappa shape index (κ3) is 6.60. The number of nitrogens with zero attached hydrogens (tertiary/aromatic N) is 2. The van der Waals surface area contributed by atoms with Crippen molar-refractivity contribution in [1.29, 1.82) is 0 Å². The van der Waals surface area contributed by atoms with Gasteiger partial charge in [0.1, 0.15) is 0 Å². The number of nitrogens with one attached hydrogen (secondary N) is 1. The van der Waals surface area contributed by atoms with Gasteiger partial charge in [-0.2, -0.15) is 0 Å². The van der Waals surface area contributed by atoms with Crippen LogP contribution in [0.25, 0.3) is 0 Å². The van der Waals surface area contributed by atoms with Crippen molar-refractivity contribution in [2.24, 2.45) is 0 Å². The molecule has 0 unspecified atom stereocenters. The number of benzene rings is 2. The van der Waals surface area contributed by atoms with Crippen molar-refractivity contribution >= 4 is 23.4 Å². The van der Waals surface area contributed by atoms with E-state index in [1.54, 1.807) is 11.8 Å². The third-order valence-corrected chi connectivity index (χ3v) is 5.84. The molecule has 1 aliphatic rings. The van der Waals surface area contributed by atoms with Crippen molar-refractivity contribution < 1.29 is 4.79 Å². The molecule has 2 aromatic rings. The molecule has 0 aromatic heterocycles. The van der Waals surface area contributed by atoms with Gasteiger partial charge < -0.3 is 10.2 Å². The van der Waals surface area contributed by atoms with Gasteiger partial charge in [-0.05, 0) is 36.8 Å². The topological polar surface area (TPSA) is 35.6 Å². The molecule has 1 fully saturated rings. The Morgan fingerprint density at radius 3 is 2.56 bits per heavy atom. The Labute approximate surface area is 166 Å². The summed E-state index contributed by atoms with van der Waals surface area (Å²) in [7, 11) is 0. The van der Waals surface area contributed by atoms with Crippen molar-refractivity contribution in [2.45, 2.75) is 18.2 Å². The Hall–Kier alpha value is -1.98. The summed E-state index contributed by atoms with van der Waals surface area (Å²) in [6.45, 7) is 8.00. The van der Waals surface area contributed by atoms with Crippen LogP contribution in [-0.2, 0) is 4.79 Å². The van der Waals surface area contributed by atoms with Crippen LogP contribution in [0.5, 0.6) is 0 Å². The van der Waals surface area contributed by atoms with Crippen LogP contribution in [0, 0.1) is 6.92 Å². The molecule has 1 heterocycles. The lowest BCUT2D eigenvalue weighted by Crippen LogP contribution is -2.48. The lowest BCUT2D eigenvalue weighted by molar-refractivity contribution is -0.120. The molecule has 0 spiro atoms. The van der Waals surface area contributed by atoms with Gasteiger partial charge in [-0.3, -0.25) is 9.69 Å². The SMILES string of the molecule is Cc1cccc(N2CCN(CCNC(=O)CCSc3ccccc3)CC2)c1. The number of carbonyl (C=O) groups excluding carboxylic acids is 1. The molecular formula is C22H29N3OS. The summed E-state index contributed by atoms with van der Waals surface area (Å²) < 4.78 is 0. The maximum Gasteiger partial charge on any atom is 0.220 e. The fourth-order valence-corrected chi connectivity index (χ4v) is 4.15. The van der Waals surface area contributed by atoms with E-state index in [1.165, 1.54) is 16.1 Å². The van der Waals surface area contributed by atoms with Gasteiger partial charge in [0, 0.05) is 62.0 Å². The number of thioether (sulfide) groups is 1. The summed E-state index contributed by atoms with van der Waals surface area (Å²) in [5.74, 6) is 0.974. The highest BCUT2D eigenvalue weighted by Gasteiger charge is 2.17. The number of hydrogen-bond acceptors (Lipinski definition) is 4. The van der Waals surface area contributed by atoms with E-state index in [2.05, 4.69) is 58.4 Å². The molecule has 5 heteroatoms. The van der Waals surface area contributed by atoms with Gasteiger partial charge in [0.15, 0.2) is 0 Å². The molecule has 3 rings (SSSR count). The molecule has 0 radical (unpaired) electrons. The zero-order valence-electron chi connectivity index (χ0n) is 16.1. The first-order valence-corrected chi connectivity index (χ1v) is 10.7. The average molecular weight is 384 g/mol. The lowest BCUT2D eigenvalue weighted by atomic mass is 10.2. The van der Waals surface area contributed by atoms with Gasteiger partial charge in [-0.25, -0.2) is 0 Å². The minimum Gasteiger partial charge on any atom is -0.369 e. The van der Waals surface area contributed by atoms with Crippen LogP contribution in [0.15, 0.2) is 59.5 Å². The summed E-state index contributed by atoms with van der Waals surface area (Å²) >= 11 is 1.73. The largest absolute Gasteiger partial charge is 0.369 e. The van der Waals surface area contributed by atoms with Crippen molar-refractivity contribution in [3.8, 4) is 0 Å². The van der Waals surface area contributed by atoms with E-state index in [-0.39, 0.29) is 5.91 Å². The first-order chi connectivity index (χ1) is 13.2. The van der Waals surface area contributed by atoms with Crippen LogP contribution in [0.1, 0.15) is 12.0 Å². The molecule has 27 heavy (non-hydrogen) atoms. The van der Waals surface area contributed by atoms with E-state index in [0.717, 1.165) is 45.0 Å². The van der Waals surface area contributed by atoms with Gasteiger partial charge in [0.25, 0.3) is 0 Å². The van der Waals surface area contributed by atoms with Gasteiger partial charge in [0.05, 0.1) is 0 Å². The van der Waals surface area contributed by atoms with Crippen LogP contribution in [-0.4, -0.2) is 55.8 Å². The number of rotatable bonds is 8. The van der Waals surface area contributed by atoms with Gasteiger partial charge in [-0.15, -0.1) is 11.8 Å². The molecule has 1 amide bonds.